The van der Waals surface area contributed by atoms with Gasteiger partial charge >= 0.3 is 0 Å². The molecule has 0 bridgehead atoms. The standard InChI is InChI=1S/C12H14O/c1-2-3-5-10-12(13)11-8-6-4-7-9-11/h4,6-9,12-13H,2-3H2,1H3. The van der Waals surface area contributed by atoms with E-state index in [0.717, 1.165) is 18.4 Å². The lowest BCUT2D eigenvalue weighted by Crippen LogP contribution is -1.92. The number of rotatable bonds is 2. The van der Waals surface area contributed by atoms with E-state index < -0.39 is 6.10 Å². The molecule has 0 aliphatic carbocycles. The monoisotopic (exact) mass is 174 g/mol. The summed E-state index contributed by atoms with van der Waals surface area (Å²) in [6.07, 6.45) is 1.26. The smallest absolute Gasteiger partial charge is 0.140 e. The third-order valence-corrected chi connectivity index (χ3v) is 1.73. The highest BCUT2D eigenvalue weighted by atomic mass is 16.3. The van der Waals surface area contributed by atoms with Crippen molar-refractivity contribution in [2.24, 2.45) is 0 Å². The van der Waals surface area contributed by atoms with Crippen LogP contribution >= 0.6 is 0 Å². The van der Waals surface area contributed by atoms with Crippen molar-refractivity contribution in [2.45, 2.75) is 25.9 Å². The second-order valence-corrected chi connectivity index (χ2v) is 2.88. The first-order chi connectivity index (χ1) is 6.34. The van der Waals surface area contributed by atoms with Crippen molar-refractivity contribution < 1.29 is 5.11 Å². The second kappa shape index (κ2) is 5.40. The Morgan fingerprint density at radius 3 is 2.62 bits per heavy atom. The molecule has 0 aliphatic heterocycles. The van der Waals surface area contributed by atoms with Crippen molar-refractivity contribution in [3.05, 3.63) is 35.9 Å². The maximum atomic E-state index is 9.57. The molecule has 1 nitrogen and oxygen atoms in total. The van der Waals surface area contributed by atoms with E-state index in [4.69, 9.17) is 0 Å². The van der Waals surface area contributed by atoms with Crippen molar-refractivity contribution in [3.8, 4) is 11.8 Å². The topological polar surface area (TPSA) is 20.2 Å². The molecule has 13 heavy (non-hydrogen) atoms. The molecule has 1 N–H and O–H groups in total. The minimum absolute atomic E-state index is 0.632. The summed E-state index contributed by atoms with van der Waals surface area (Å²) < 4.78 is 0. The molecule has 1 atom stereocenters. The van der Waals surface area contributed by atoms with Gasteiger partial charge in [-0.1, -0.05) is 43.2 Å². The highest BCUT2D eigenvalue weighted by Gasteiger charge is 1.99. The van der Waals surface area contributed by atoms with Crippen LogP contribution in [0.25, 0.3) is 0 Å². The van der Waals surface area contributed by atoms with Gasteiger partial charge in [-0.3, -0.25) is 0 Å². The zero-order valence-corrected chi connectivity index (χ0v) is 7.83. The average Bonchev–Trinajstić information content (AvgIpc) is 2.19. The Morgan fingerprint density at radius 2 is 2.00 bits per heavy atom. The lowest BCUT2D eigenvalue weighted by molar-refractivity contribution is 0.238. The van der Waals surface area contributed by atoms with Crippen LogP contribution in [0.3, 0.4) is 0 Å². The van der Waals surface area contributed by atoms with Crippen molar-refractivity contribution in [3.63, 3.8) is 0 Å². The van der Waals surface area contributed by atoms with Gasteiger partial charge < -0.3 is 5.11 Å². The van der Waals surface area contributed by atoms with Gasteiger partial charge in [-0.05, 0) is 12.0 Å². The average molecular weight is 174 g/mol. The van der Waals surface area contributed by atoms with Gasteiger partial charge in [0, 0.05) is 6.42 Å². The fourth-order valence-electron chi connectivity index (χ4n) is 1.01. The molecule has 1 heteroatoms. The minimum Gasteiger partial charge on any atom is -0.376 e. The molecule has 1 rings (SSSR count). The van der Waals surface area contributed by atoms with Crippen LogP contribution in [0.2, 0.25) is 0 Å². The lowest BCUT2D eigenvalue weighted by atomic mass is 10.1. The summed E-state index contributed by atoms with van der Waals surface area (Å²) in [6.45, 7) is 2.07. The molecule has 1 unspecified atom stereocenters. The fourth-order valence-corrected chi connectivity index (χ4v) is 1.01. The Bertz CT molecular complexity index is 292. The predicted molar refractivity (Wildman–Crippen MR) is 54.1 cm³/mol. The summed E-state index contributed by atoms with van der Waals surface area (Å²) in [4.78, 5) is 0. The van der Waals surface area contributed by atoms with E-state index in [0.29, 0.717) is 0 Å². The van der Waals surface area contributed by atoms with Crippen LogP contribution in [0.15, 0.2) is 30.3 Å². The Labute approximate surface area is 79.4 Å². The van der Waals surface area contributed by atoms with Crippen molar-refractivity contribution in [1.82, 2.24) is 0 Å². The van der Waals surface area contributed by atoms with E-state index in [2.05, 4.69) is 18.8 Å². The molecular weight excluding hydrogens is 160 g/mol. The number of hydrogen-bond acceptors (Lipinski definition) is 1. The maximum absolute atomic E-state index is 9.57. The van der Waals surface area contributed by atoms with E-state index in [1.165, 1.54) is 0 Å². The highest BCUT2D eigenvalue weighted by molar-refractivity contribution is 5.24. The molecular formula is C12H14O. The zero-order valence-electron chi connectivity index (χ0n) is 7.83. The molecule has 0 heterocycles. The summed E-state index contributed by atoms with van der Waals surface area (Å²) in [5, 5.41) is 9.57. The van der Waals surface area contributed by atoms with Gasteiger partial charge in [0.25, 0.3) is 0 Å². The van der Waals surface area contributed by atoms with Gasteiger partial charge in [0.2, 0.25) is 0 Å². The van der Waals surface area contributed by atoms with Crippen LogP contribution in [-0.2, 0) is 0 Å². The van der Waals surface area contributed by atoms with E-state index in [1.54, 1.807) is 0 Å². The molecule has 0 aromatic heterocycles. The summed E-state index contributed by atoms with van der Waals surface area (Å²) in [5.74, 6) is 5.74. The van der Waals surface area contributed by atoms with E-state index in [-0.39, 0.29) is 0 Å². The summed E-state index contributed by atoms with van der Waals surface area (Å²) in [7, 11) is 0. The molecule has 1 aromatic rings. The quantitative estimate of drug-likeness (QED) is 0.683. The van der Waals surface area contributed by atoms with Crippen molar-refractivity contribution >= 4 is 0 Å². The third kappa shape index (κ3) is 3.31. The van der Waals surface area contributed by atoms with Crippen LogP contribution in [-0.4, -0.2) is 5.11 Å². The molecule has 0 fully saturated rings. The summed E-state index contributed by atoms with van der Waals surface area (Å²) >= 11 is 0. The summed E-state index contributed by atoms with van der Waals surface area (Å²) in [6, 6.07) is 9.49. The van der Waals surface area contributed by atoms with Gasteiger partial charge in [0.05, 0.1) is 0 Å². The van der Waals surface area contributed by atoms with E-state index in [1.807, 2.05) is 30.3 Å². The largest absolute Gasteiger partial charge is 0.376 e. The normalized spacial score (nSPS) is 11.5. The first kappa shape index (κ1) is 9.83. The van der Waals surface area contributed by atoms with Crippen LogP contribution in [0.4, 0.5) is 0 Å². The fraction of sp³-hybridized carbons (Fsp3) is 0.333. The first-order valence-corrected chi connectivity index (χ1v) is 4.56. The molecule has 0 radical (unpaired) electrons. The van der Waals surface area contributed by atoms with Crippen LogP contribution in [0, 0.1) is 11.8 Å². The molecule has 0 saturated carbocycles. The number of unbranched alkanes of at least 4 members (excludes halogenated alkanes) is 1. The molecule has 0 aliphatic rings. The molecule has 68 valence electrons. The van der Waals surface area contributed by atoms with Gasteiger partial charge in [-0.15, -0.1) is 5.92 Å². The number of aliphatic hydroxyl groups is 1. The Kier molecular flexibility index (Phi) is 4.08. The van der Waals surface area contributed by atoms with Gasteiger partial charge in [0.15, 0.2) is 0 Å². The van der Waals surface area contributed by atoms with Crippen LogP contribution in [0.5, 0.6) is 0 Å². The second-order valence-electron chi connectivity index (χ2n) is 2.88. The van der Waals surface area contributed by atoms with Crippen LogP contribution < -0.4 is 0 Å². The Balaban J connectivity index is 2.60. The SMILES string of the molecule is CCCC#CC(O)c1ccccc1. The maximum Gasteiger partial charge on any atom is 0.140 e. The highest BCUT2D eigenvalue weighted by Crippen LogP contribution is 2.10. The predicted octanol–water partition coefficient (Wildman–Crippen LogP) is 2.52. The Hall–Kier alpha value is -1.26. The summed E-state index contributed by atoms with van der Waals surface area (Å²) in [5.41, 5.74) is 0.867. The first-order valence-electron chi connectivity index (χ1n) is 4.56. The van der Waals surface area contributed by atoms with E-state index >= 15 is 0 Å². The van der Waals surface area contributed by atoms with Gasteiger partial charge in [-0.25, -0.2) is 0 Å². The number of hydrogen-bond donors (Lipinski definition) is 1. The van der Waals surface area contributed by atoms with Gasteiger partial charge in [0.1, 0.15) is 6.10 Å². The van der Waals surface area contributed by atoms with Crippen LogP contribution in [0.1, 0.15) is 31.4 Å². The van der Waals surface area contributed by atoms with E-state index in [9.17, 15) is 5.11 Å². The van der Waals surface area contributed by atoms with Crippen molar-refractivity contribution in [1.29, 1.82) is 0 Å². The molecule has 0 saturated heterocycles. The molecule has 0 spiro atoms. The third-order valence-electron chi connectivity index (χ3n) is 1.73. The number of aliphatic hydroxyl groups excluding tert-OH is 1. The van der Waals surface area contributed by atoms with Crippen molar-refractivity contribution in [2.75, 3.05) is 0 Å². The molecule has 1 aromatic carbocycles. The van der Waals surface area contributed by atoms with Gasteiger partial charge in [-0.2, -0.15) is 0 Å². The zero-order chi connectivity index (χ0) is 9.52. The lowest BCUT2D eigenvalue weighted by Gasteiger charge is -2.01. The molecule has 0 amide bonds. The Morgan fingerprint density at radius 1 is 1.31 bits per heavy atom. The minimum atomic E-state index is -0.632. The number of benzene rings is 1.